The quantitative estimate of drug-likeness (QED) is 0.214. The van der Waals surface area contributed by atoms with E-state index >= 15 is 0 Å². The fourth-order valence-corrected chi connectivity index (χ4v) is 5.74. The Morgan fingerprint density at radius 1 is 1.00 bits per heavy atom. The summed E-state index contributed by atoms with van der Waals surface area (Å²) in [5.41, 5.74) is 0. The molecule has 0 aromatic heterocycles. The SMILES string of the molecule is CCCC(C(=O)C(=O)NC(C)CC)N1CC[C@H]2CN(C(=O)[C@@H](NC(=O)[C@H](NC=O)C(C)C)C(C)C)C(C1=O)[C@H]2C. The second kappa shape index (κ2) is 14.6. The van der Waals surface area contributed by atoms with Gasteiger partial charge in [-0.1, -0.05) is 54.9 Å². The van der Waals surface area contributed by atoms with Crippen molar-refractivity contribution in [2.24, 2.45) is 23.7 Å². The molecule has 2 heterocycles. The number of ketones is 1. The fraction of sp³-hybridized carbons (Fsp3) is 0.793. The minimum atomic E-state index is -0.897. The number of fused-ring (bicyclic) bond motifs is 2. The molecule has 0 spiro atoms. The van der Waals surface area contributed by atoms with E-state index in [-0.39, 0.29) is 41.5 Å². The third-order valence-corrected chi connectivity index (χ3v) is 8.45. The maximum absolute atomic E-state index is 14.1. The molecule has 7 atom stereocenters. The summed E-state index contributed by atoms with van der Waals surface area (Å²) in [7, 11) is 0. The van der Waals surface area contributed by atoms with E-state index in [0.717, 1.165) is 0 Å². The number of carbonyl (C=O) groups excluding carboxylic acids is 6. The lowest BCUT2D eigenvalue weighted by molar-refractivity contribution is -0.152. The number of carbonyl (C=O) groups is 6. The molecular weight excluding hydrogens is 514 g/mol. The first-order valence-corrected chi connectivity index (χ1v) is 14.8. The largest absolute Gasteiger partial charge is 0.347 e. The van der Waals surface area contributed by atoms with Gasteiger partial charge in [-0.3, -0.25) is 28.8 Å². The van der Waals surface area contributed by atoms with E-state index in [1.807, 2.05) is 41.5 Å². The topological polar surface area (TPSA) is 145 Å². The summed E-state index contributed by atoms with van der Waals surface area (Å²) < 4.78 is 0. The van der Waals surface area contributed by atoms with Gasteiger partial charge in [-0.05, 0) is 49.9 Å². The zero-order chi connectivity index (χ0) is 30.3. The monoisotopic (exact) mass is 563 g/mol. The van der Waals surface area contributed by atoms with E-state index < -0.39 is 41.8 Å². The van der Waals surface area contributed by atoms with Gasteiger partial charge in [0.15, 0.2) is 0 Å². The molecule has 2 bridgehead atoms. The van der Waals surface area contributed by atoms with E-state index in [2.05, 4.69) is 16.0 Å². The van der Waals surface area contributed by atoms with Crippen LogP contribution < -0.4 is 16.0 Å². The van der Waals surface area contributed by atoms with Gasteiger partial charge in [0.05, 0.1) is 0 Å². The van der Waals surface area contributed by atoms with Gasteiger partial charge in [0.1, 0.15) is 24.2 Å². The summed E-state index contributed by atoms with van der Waals surface area (Å²) in [6.07, 6.45) is 2.70. The van der Waals surface area contributed by atoms with Crippen molar-refractivity contribution in [1.29, 1.82) is 0 Å². The summed E-state index contributed by atoms with van der Waals surface area (Å²) in [4.78, 5) is 81.1. The third-order valence-electron chi connectivity index (χ3n) is 8.45. The minimum absolute atomic E-state index is 0.0397. The summed E-state index contributed by atoms with van der Waals surface area (Å²) in [5.74, 6) is -3.05. The molecule has 0 saturated carbocycles. The third kappa shape index (κ3) is 7.40. The Morgan fingerprint density at radius 3 is 2.15 bits per heavy atom. The maximum Gasteiger partial charge on any atom is 0.289 e. The van der Waals surface area contributed by atoms with Crippen LogP contribution in [0.2, 0.25) is 0 Å². The number of rotatable bonds is 14. The molecule has 3 unspecified atom stereocenters. The molecule has 226 valence electrons. The Bertz CT molecular complexity index is 953. The van der Waals surface area contributed by atoms with E-state index in [0.29, 0.717) is 45.2 Å². The first-order valence-electron chi connectivity index (χ1n) is 14.8. The Hall–Kier alpha value is -2.98. The van der Waals surface area contributed by atoms with Crippen molar-refractivity contribution in [2.45, 2.75) is 111 Å². The molecule has 2 rings (SSSR count). The van der Waals surface area contributed by atoms with Gasteiger partial charge in [0.25, 0.3) is 5.91 Å². The van der Waals surface area contributed by atoms with Crippen LogP contribution in [-0.4, -0.2) is 88.9 Å². The molecule has 0 radical (unpaired) electrons. The molecule has 0 aromatic carbocycles. The molecule has 2 aliphatic rings. The van der Waals surface area contributed by atoms with Crippen LogP contribution >= 0.6 is 0 Å². The molecule has 2 saturated heterocycles. The number of Topliss-reactive ketones (excluding diaryl/α,β-unsaturated/α-hetero) is 1. The Labute approximate surface area is 238 Å². The number of nitrogens with zero attached hydrogens (tertiary/aromatic N) is 2. The van der Waals surface area contributed by atoms with Crippen LogP contribution in [0.25, 0.3) is 0 Å². The summed E-state index contributed by atoms with van der Waals surface area (Å²) >= 11 is 0. The number of nitrogens with one attached hydrogen (secondary N) is 3. The normalized spacial score (nSPS) is 23.8. The predicted octanol–water partition coefficient (Wildman–Crippen LogP) is 1.25. The van der Waals surface area contributed by atoms with E-state index in [4.69, 9.17) is 0 Å². The van der Waals surface area contributed by atoms with Crippen LogP contribution in [-0.2, 0) is 28.8 Å². The van der Waals surface area contributed by atoms with Crippen LogP contribution in [0.1, 0.15) is 81.1 Å². The summed E-state index contributed by atoms with van der Waals surface area (Å²) in [5, 5.41) is 8.05. The van der Waals surface area contributed by atoms with E-state index in [9.17, 15) is 28.8 Å². The lowest BCUT2D eigenvalue weighted by atomic mass is 9.91. The first kappa shape index (κ1) is 33.2. The van der Waals surface area contributed by atoms with E-state index in [1.165, 1.54) is 4.90 Å². The number of likely N-dealkylation sites (tertiary alicyclic amines) is 2. The second-order valence-corrected chi connectivity index (χ2v) is 12.1. The van der Waals surface area contributed by atoms with Crippen molar-refractivity contribution in [1.82, 2.24) is 25.8 Å². The van der Waals surface area contributed by atoms with Crippen molar-refractivity contribution in [3.63, 3.8) is 0 Å². The van der Waals surface area contributed by atoms with Gasteiger partial charge in [-0.25, -0.2) is 0 Å². The fourth-order valence-electron chi connectivity index (χ4n) is 5.74. The molecule has 3 N–H and O–H groups in total. The van der Waals surface area contributed by atoms with Crippen LogP contribution in [0, 0.1) is 23.7 Å². The number of hydrogen-bond donors (Lipinski definition) is 3. The molecule has 5 amide bonds. The van der Waals surface area contributed by atoms with E-state index in [1.54, 1.807) is 18.7 Å². The molecule has 11 nitrogen and oxygen atoms in total. The Balaban J connectivity index is 2.34. The second-order valence-electron chi connectivity index (χ2n) is 12.1. The molecule has 0 aromatic rings. The average Bonchev–Trinajstić information content (AvgIpc) is 3.17. The van der Waals surface area contributed by atoms with Gasteiger partial charge in [-0.15, -0.1) is 0 Å². The molecule has 0 aliphatic carbocycles. The lowest BCUT2D eigenvalue weighted by Crippen LogP contribution is -2.61. The molecule has 40 heavy (non-hydrogen) atoms. The van der Waals surface area contributed by atoms with Crippen LogP contribution in [0.3, 0.4) is 0 Å². The van der Waals surface area contributed by atoms with Crippen LogP contribution in [0.15, 0.2) is 0 Å². The first-order chi connectivity index (χ1) is 18.8. The van der Waals surface area contributed by atoms with Crippen molar-refractivity contribution in [2.75, 3.05) is 13.1 Å². The highest BCUT2D eigenvalue weighted by molar-refractivity contribution is 6.38. The molecule has 2 fully saturated rings. The zero-order valence-corrected chi connectivity index (χ0v) is 25.4. The standard InChI is InChI=1S/C29H49N5O6/c1-9-11-21(25(36)27(38)31-18(7)10-2)33-13-12-20-14-34(24(19(20)8)29(33)40)28(39)23(17(5)6)32-26(37)22(16(3)4)30-15-35/h15-24H,9-14H2,1-8H3,(H,30,35)(H,31,38)(H,32,37)/t18?,19-,20-,21?,22+,23-,24?/m0/s1. The van der Waals surface area contributed by atoms with Crippen LogP contribution in [0.5, 0.6) is 0 Å². The van der Waals surface area contributed by atoms with Gasteiger partial charge in [0.2, 0.25) is 29.9 Å². The highest BCUT2D eigenvalue weighted by Gasteiger charge is 2.52. The van der Waals surface area contributed by atoms with Crippen molar-refractivity contribution >= 4 is 35.8 Å². The smallest absolute Gasteiger partial charge is 0.289 e. The van der Waals surface area contributed by atoms with Crippen LogP contribution in [0.4, 0.5) is 0 Å². The van der Waals surface area contributed by atoms with Crippen molar-refractivity contribution in [3.8, 4) is 0 Å². The molecule has 2 aliphatic heterocycles. The Kier molecular flexibility index (Phi) is 12.1. The van der Waals surface area contributed by atoms with Gasteiger partial charge >= 0.3 is 0 Å². The average molecular weight is 564 g/mol. The predicted molar refractivity (Wildman–Crippen MR) is 151 cm³/mol. The van der Waals surface area contributed by atoms with Crippen molar-refractivity contribution in [3.05, 3.63) is 0 Å². The molecular formula is C29H49N5O6. The summed E-state index contributed by atoms with van der Waals surface area (Å²) in [6, 6.07) is -3.55. The summed E-state index contributed by atoms with van der Waals surface area (Å²) in [6.45, 7) is 15.5. The Morgan fingerprint density at radius 2 is 1.62 bits per heavy atom. The highest BCUT2D eigenvalue weighted by Crippen LogP contribution is 2.37. The highest BCUT2D eigenvalue weighted by atomic mass is 16.2. The van der Waals surface area contributed by atoms with Gasteiger partial charge in [-0.2, -0.15) is 0 Å². The lowest BCUT2D eigenvalue weighted by Gasteiger charge is -2.37. The number of amides is 5. The minimum Gasteiger partial charge on any atom is -0.347 e. The van der Waals surface area contributed by atoms with Gasteiger partial charge in [0, 0.05) is 19.1 Å². The van der Waals surface area contributed by atoms with Crippen molar-refractivity contribution < 1.29 is 28.8 Å². The maximum atomic E-state index is 14.1. The molecule has 11 heteroatoms. The zero-order valence-electron chi connectivity index (χ0n) is 25.4. The van der Waals surface area contributed by atoms with Gasteiger partial charge < -0.3 is 25.8 Å². The number of hydrogen-bond acceptors (Lipinski definition) is 6.